The van der Waals surface area contributed by atoms with Gasteiger partial charge in [-0.15, -0.1) is 0 Å². The van der Waals surface area contributed by atoms with E-state index in [0.29, 0.717) is 42.8 Å². The summed E-state index contributed by atoms with van der Waals surface area (Å²) in [7, 11) is 1.57. The highest BCUT2D eigenvalue weighted by atomic mass is 16.7. The molecule has 9 nitrogen and oxygen atoms in total. The molecule has 4 unspecified atom stereocenters. The van der Waals surface area contributed by atoms with E-state index in [9.17, 15) is 14.7 Å². The topological polar surface area (TPSA) is 115 Å². The van der Waals surface area contributed by atoms with E-state index < -0.39 is 11.9 Å². The standard InChI is InChI=1S/C29H47N3O6/c1-5-7-12-31(13-9-8-11-30)26(33)18-32-17-22(27(29(34)35)23(32)14-20(3)10-6-2)21-15-24(36-4)28-25(16-21)37-19-38-28/h15-16,20,22-23,27H,5-14,17-19,30H2,1-4H3,(H,34,35). The van der Waals surface area contributed by atoms with Crippen LogP contribution in [0.3, 0.4) is 0 Å². The van der Waals surface area contributed by atoms with Crippen molar-refractivity contribution in [3.63, 3.8) is 0 Å². The molecule has 3 N–H and O–H groups in total. The van der Waals surface area contributed by atoms with E-state index in [0.717, 1.165) is 57.1 Å². The number of carboxylic acids is 1. The molecule has 3 rings (SSSR count). The van der Waals surface area contributed by atoms with Crippen molar-refractivity contribution in [1.82, 2.24) is 9.80 Å². The zero-order valence-corrected chi connectivity index (χ0v) is 23.6. The molecule has 214 valence electrons. The number of nitrogens with zero attached hydrogens (tertiary/aromatic N) is 2. The van der Waals surface area contributed by atoms with E-state index in [2.05, 4.69) is 25.7 Å². The maximum Gasteiger partial charge on any atom is 0.308 e. The first-order valence-electron chi connectivity index (χ1n) is 14.3. The van der Waals surface area contributed by atoms with Gasteiger partial charge in [0.25, 0.3) is 0 Å². The minimum absolute atomic E-state index is 0.0664. The Morgan fingerprint density at radius 1 is 1.18 bits per heavy atom. The molecule has 0 saturated carbocycles. The van der Waals surface area contributed by atoms with E-state index in [1.807, 2.05) is 17.0 Å². The van der Waals surface area contributed by atoms with Crippen LogP contribution in [-0.2, 0) is 9.59 Å². The van der Waals surface area contributed by atoms with Crippen LogP contribution in [0.15, 0.2) is 12.1 Å². The summed E-state index contributed by atoms with van der Waals surface area (Å²) in [4.78, 5) is 30.4. The van der Waals surface area contributed by atoms with Gasteiger partial charge in [-0.2, -0.15) is 0 Å². The number of benzene rings is 1. The predicted molar refractivity (Wildman–Crippen MR) is 147 cm³/mol. The van der Waals surface area contributed by atoms with Crippen molar-refractivity contribution in [3.05, 3.63) is 17.7 Å². The molecule has 0 aliphatic carbocycles. The molecule has 38 heavy (non-hydrogen) atoms. The molecule has 1 fully saturated rings. The number of carbonyl (C=O) groups is 2. The van der Waals surface area contributed by atoms with Gasteiger partial charge in [-0.05, 0) is 55.8 Å². The number of ether oxygens (including phenoxy) is 3. The summed E-state index contributed by atoms with van der Waals surface area (Å²) in [6, 6.07) is 3.51. The van der Waals surface area contributed by atoms with Gasteiger partial charge in [0.15, 0.2) is 11.5 Å². The number of nitrogens with two attached hydrogens (primary N) is 1. The van der Waals surface area contributed by atoms with Gasteiger partial charge in [-0.1, -0.05) is 40.0 Å². The van der Waals surface area contributed by atoms with Crippen LogP contribution in [0, 0.1) is 11.8 Å². The largest absolute Gasteiger partial charge is 0.493 e. The summed E-state index contributed by atoms with van der Waals surface area (Å²) in [5.74, 6) is 0.297. The van der Waals surface area contributed by atoms with Crippen molar-refractivity contribution >= 4 is 11.9 Å². The third-order valence-corrected chi connectivity index (χ3v) is 7.92. The fourth-order valence-electron chi connectivity index (χ4n) is 5.94. The van der Waals surface area contributed by atoms with Crippen molar-refractivity contribution in [1.29, 1.82) is 0 Å². The second kappa shape index (κ2) is 14.6. The van der Waals surface area contributed by atoms with Crippen LogP contribution in [0.25, 0.3) is 0 Å². The van der Waals surface area contributed by atoms with Crippen LogP contribution in [0.5, 0.6) is 17.2 Å². The Morgan fingerprint density at radius 3 is 2.61 bits per heavy atom. The molecular formula is C29H47N3O6. The van der Waals surface area contributed by atoms with Crippen molar-refractivity contribution in [2.75, 3.05) is 46.6 Å². The highest BCUT2D eigenvalue weighted by Gasteiger charge is 2.48. The number of amides is 1. The van der Waals surface area contributed by atoms with Gasteiger partial charge in [0.2, 0.25) is 18.4 Å². The molecule has 2 heterocycles. The van der Waals surface area contributed by atoms with Gasteiger partial charge < -0.3 is 30.0 Å². The number of hydrogen-bond acceptors (Lipinski definition) is 7. The maximum atomic E-state index is 13.6. The minimum atomic E-state index is -0.832. The first kappa shape index (κ1) is 30.0. The van der Waals surface area contributed by atoms with Gasteiger partial charge >= 0.3 is 5.97 Å². The Balaban J connectivity index is 1.91. The summed E-state index contributed by atoms with van der Waals surface area (Å²) in [6.07, 6.45) is 6.51. The van der Waals surface area contributed by atoms with Crippen molar-refractivity contribution < 1.29 is 28.9 Å². The van der Waals surface area contributed by atoms with Gasteiger partial charge in [0.1, 0.15) is 0 Å². The van der Waals surface area contributed by atoms with Crippen molar-refractivity contribution in [2.24, 2.45) is 17.6 Å². The molecule has 1 amide bonds. The summed E-state index contributed by atoms with van der Waals surface area (Å²) in [5.41, 5.74) is 6.53. The maximum absolute atomic E-state index is 13.6. The minimum Gasteiger partial charge on any atom is -0.493 e. The summed E-state index contributed by atoms with van der Waals surface area (Å²) < 4.78 is 16.7. The zero-order chi connectivity index (χ0) is 27.7. The lowest BCUT2D eigenvalue weighted by Gasteiger charge is -2.31. The fourth-order valence-corrected chi connectivity index (χ4v) is 5.94. The summed E-state index contributed by atoms with van der Waals surface area (Å²) in [6.45, 7) is 9.28. The van der Waals surface area contributed by atoms with Gasteiger partial charge in [-0.3, -0.25) is 14.5 Å². The lowest BCUT2D eigenvalue weighted by atomic mass is 9.81. The SMILES string of the molecule is CCCCN(CCCCN)C(=O)CN1CC(c2cc(OC)c3c(c2)OCO3)C(C(=O)O)C1CC(C)CCC. The van der Waals surface area contributed by atoms with E-state index in [1.54, 1.807) is 7.11 Å². The molecule has 0 radical (unpaired) electrons. The normalized spacial score (nSPS) is 21.4. The third kappa shape index (κ3) is 7.32. The summed E-state index contributed by atoms with van der Waals surface area (Å²) >= 11 is 0. The Labute approximate surface area is 227 Å². The molecule has 0 aromatic heterocycles. The second-order valence-electron chi connectivity index (χ2n) is 10.8. The number of carboxylic acid groups (broad SMARTS) is 1. The van der Waals surface area contributed by atoms with Crippen LogP contribution >= 0.6 is 0 Å². The van der Waals surface area contributed by atoms with E-state index >= 15 is 0 Å². The monoisotopic (exact) mass is 533 g/mol. The molecule has 1 aromatic rings. The first-order chi connectivity index (χ1) is 18.3. The van der Waals surface area contributed by atoms with Crippen LogP contribution in [0.4, 0.5) is 0 Å². The van der Waals surface area contributed by atoms with E-state index in [4.69, 9.17) is 19.9 Å². The molecule has 1 saturated heterocycles. The number of unbranched alkanes of at least 4 members (excludes halogenated alkanes) is 2. The summed E-state index contributed by atoms with van der Waals surface area (Å²) in [5, 5.41) is 10.5. The molecule has 9 heteroatoms. The van der Waals surface area contributed by atoms with Gasteiger partial charge in [0.05, 0.1) is 19.6 Å². The number of carbonyl (C=O) groups excluding carboxylic acids is 1. The number of methoxy groups -OCH3 is 1. The Morgan fingerprint density at radius 2 is 1.95 bits per heavy atom. The number of likely N-dealkylation sites (tertiary alicyclic amines) is 1. The molecule has 2 aliphatic heterocycles. The fraction of sp³-hybridized carbons (Fsp3) is 0.724. The van der Waals surface area contributed by atoms with Crippen LogP contribution in [-0.4, -0.2) is 79.5 Å². The molecule has 1 aromatic carbocycles. The predicted octanol–water partition coefficient (Wildman–Crippen LogP) is 4.09. The number of rotatable bonds is 16. The van der Waals surface area contributed by atoms with Crippen molar-refractivity contribution in [3.8, 4) is 17.2 Å². The van der Waals surface area contributed by atoms with E-state index in [1.165, 1.54) is 0 Å². The van der Waals surface area contributed by atoms with Crippen LogP contribution < -0.4 is 19.9 Å². The quantitative estimate of drug-likeness (QED) is 0.306. The third-order valence-electron chi connectivity index (χ3n) is 7.92. The zero-order valence-electron chi connectivity index (χ0n) is 23.6. The van der Waals surface area contributed by atoms with E-state index in [-0.39, 0.29) is 31.2 Å². The van der Waals surface area contributed by atoms with Crippen LogP contribution in [0.1, 0.15) is 77.2 Å². The number of aliphatic carboxylic acids is 1. The second-order valence-corrected chi connectivity index (χ2v) is 10.8. The molecular weight excluding hydrogens is 486 g/mol. The number of fused-ring (bicyclic) bond motifs is 1. The highest BCUT2D eigenvalue weighted by molar-refractivity contribution is 5.79. The van der Waals surface area contributed by atoms with Gasteiger partial charge in [-0.25, -0.2) is 0 Å². The lowest BCUT2D eigenvalue weighted by molar-refractivity contribution is -0.144. The smallest absolute Gasteiger partial charge is 0.308 e. The molecule has 2 aliphatic rings. The van der Waals surface area contributed by atoms with Crippen molar-refractivity contribution in [2.45, 2.75) is 77.7 Å². The average molecular weight is 534 g/mol. The Kier molecular flexibility index (Phi) is 11.5. The average Bonchev–Trinajstić information content (AvgIpc) is 3.50. The first-order valence-corrected chi connectivity index (χ1v) is 14.3. The Hall–Kier alpha value is -2.52. The highest BCUT2D eigenvalue weighted by Crippen LogP contribution is 2.47. The molecule has 4 atom stereocenters. The Bertz CT molecular complexity index is 926. The van der Waals surface area contributed by atoms with Gasteiger partial charge in [0, 0.05) is 31.6 Å². The number of hydrogen-bond donors (Lipinski definition) is 2. The molecule has 0 spiro atoms. The lowest BCUT2D eigenvalue weighted by Crippen LogP contribution is -2.45. The van der Waals surface area contributed by atoms with Crippen LogP contribution in [0.2, 0.25) is 0 Å². The molecule has 0 bridgehead atoms.